The third-order valence-corrected chi connectivity index (χ3v) is 4.78. The summed E-state index contributed by atoms with van der Waals surface area (Å²) in [6, 6.07) is 11.0. The van der Waals surface area contributed by atoms with E-state index in [1.807, 2.05) is 0 Å². The number of benzene rings is 1. The lowest BCUT2D eigenvalue weighted by atomic mass is 9.95. The molecular formula is C18H29Cl2N3O. The standard InChI is InChI=1S/C18H27N3O.2ClH/c1-15-12-21(11-9-19-15)18(22)17-8-5-10-20(14-17)13-16-6-3-2-4-7-16;;/h2-4,6-7,15,17,19H,5,8-14H2,1H3;2*1H. The van der Waals surface area contributed by atoms with Crippen LogP contribution in [-0.4, -0.2) is 54.5 Å². The smallest absolute Gasteiger partial charge is 0.227 e. The second-order valence-electron chi connectivity index (χ2n) is 6.70. The van der Waals surface area contributed by atoms with Crippen molar-refractivity contribution in [3.63, 3.8) is 0 Å². The van der Waals surface area contributed by atoms with Crippen molar-refractivity contribution >= 4 is 30.7 Å². The average Bonchev–Trinajstić information content (AvgIpc) is 2.55. The van der Waals surface area contributed by atoms with Crippen LogP contribution < -0.4 is 5.32 Å². The predicted molar refractivity (Wildman–Crippen MR) is 103 cm³/mol. The molecule has 0 aliphatic carbocycles. The van der Waals surface area contributed by atoms with Crippen LogP contribution in [0, 0.1) is 5.92 Å². The summed E-state index contributed by atoms with van der Waals surface area (Å²) in [6.45, 7) is 7.77. The fourth-order valence-electron chi connectivity index (χ4n) is 3.63. The van der Waals surface area contributed by atoms with Crippen molar-refractivity contribution in [2.24, 2.45) is 5.92 Å². The largest absolute Gasteiger partial charge is 0.340 e. The summed E-state index contributed by atoms with van der Waals surface area (Å²) in [7, 11) is 0. The molecule has 2 unspecified atom stereocenters. The van der Waals surface area contributed by atoms with Gasteiger partial charge in [0.05, 0.1) is 5.92 Å². The number of nitrogens with zero attached hydrogens (tertiary/aromatic N) is 2. The Hall–Kier alpha value is -0.810. The van der Waals surface area contributed by atoms with Gasteiger partial charge in [-0.3, -0.25) is 9.69 Å². The van der Waals surface area contributed by atoms with Crippen LogP contribution in [0.5, 0.6) is 0 Å². The fraction of sp³-hybridized carbons (Fsp3) is 0.611. The van der Waals surface area contributed by atoms with Crippen LogP contribution in [0.15, 0.2) is 30.3 Å². The molecule has 1 aromatic rings. The third kappa shape index (κ3) is 5.62. The van der Waals surface area contributed by atoms with Crippen molar-refractivity contribution in [3.05, 3.63) is 35.9 Å². The van der Waals surface area contributed by atoms with Crippen molar-refractivity contribution in [1.29, 1.82) is 0 Å². The molecule has 0 spiro atoms. The summed E-state index contributed by atoms with van der Waals surface area (Å²) in [5.41, 5.74) is 1.34. The van der Waals surface area contributed by atoms with E-state index in [1.54, 1.807) is 0 Å². The van der Waals surface area contributed by atoms with Gasteiger partial charge in [-0.25, -0.2) is 0 Å². The van der Waals surface area contributed by atoms with Gasteiger partial charge < -0.3 is 10.2 Å². The highest BCUT2D eigenvalue weighted by molar-refractivity contribution is 5.85. The molecule has 2 saturated heterocycles. The number of piperazine rings is 1. The average molecular weight is 374 g/mol. The molecular weight excluding hydrogens is 345 g/mol. The molecule has 2 fully saturated rings. The van der Waals surface area contributed by atoms with E-state index in [0.29, 0.717) is 11.9 Å². The van der Waals surface area contributed by atoms with E-state index >= 15 is 0 Å². The molecule has 0 saturated carbocycles. The summed E-state index contributed by atoms with van der Waals surface area (Å²) in [6.07, 6.45) is 2.17. The van der Waals surface area contributed by atoms with Gasteiger partial charge in [0.2, 0.25) is 5.91 Å². The molecule has 1 N–H and O–H groups in total. The summed E-state index contributed by atoms with van der Waals surface area (Å²) in [5.74, 6) is 0.550. The first-order valence-electron chi connectivity index (χ1n) is 8.51. The lowest BCUT2D eigenvalue weighted by Crippen LogP contribution is -2.54. The van der Waals surface area contributed by atoms with Gasteiger partial charge in [-0.15, -0.1) is 24.8 Å². The maximum atomic E-state index is 12.8. The molecule has 1 aromatic carbocycles. The maximum Gasteiger partial charge on any atom is 0.227 e. The summed E-state index contributed by atoms with van der Waals surface area (Å²) < 4.78 is 0. The normalized spacial score (nSPS) is 24.6. The Morgan fingerprint density at radius 2 is 1.92 bits per heavy atom. The van der Waals surface area contributed by atoms with Gasteiger partial charge in [-0.2, -0.15) is 0 Å². The van der Waals surface area contributed by atoms with Crippen LogP contribution in [0.2, 0.25) is 0 Å². The summed E-state index contributed by atoms with van der Waals surface area (Å²) >= 11 is 0. The minimum absolute atomic E-state index is 0. The Kier molecular flexibility index (Phi) is 9.06. The fourth-order valence-corrected chi connectivity index (χ4v) is 3.63. The zero-order valence-electron chi connectivity index (χ0n) is 14.3. The zero-order valence-corrected chi connectivity index (χ0v) is 16.0. The van der Waals surface area contributed by atoms with Crippen LogP contribution in [0.3, 0.4) is 0 Å². The molecule has 4 nitrogen and oxygen atoms in total. The first-order chi connectivity index (χ1) is 10.7. The number of piperidine rings is 1. The van der Waals surface area contributed by atoms with Crippen molar-refractivity contribution in [1.82, 2.24) is 15.1 Å². The molecule has 2 aliphatic heterocycles. The van der Waals surface area contributed by atoms with Crippen molar-refractivity contribution in [2.45, 2.75) is 32.4 Å². The van der Waals surface area contributed by atoms with E-state index in [4.69, 9.17) is 0 Å². The van der Waals surface area contributed by atoms with E-state index in [-0.39, 0.29) is 30.7 Å². The molecule has 24 heavy (non-hydrogen) atoms. The van der Waals surface area contributed by atoms with E-state index in [1.165, 1.54) is 5.56 Å². The Bertz CT molecular complexity index is 500. The van der Waals surface area contributed by atoms with Gasteiger partial charge in [0.25, 0.3) is 0 Å². The lowest BCUT2D eigenvalue weighted by molar-refractivity contribution is -0.138. The Morgan fingerprint density at radius 1 is 1.17 bits per heavy atom. The molecule has 0 aromatic heterocycles. The van der Waals surface area contributed by atoms with E-state index in [2.05, 4.69) is 52.4 Å². The number of likely N-dealkylation sites (tertiary alicyclic amines) is 1. The van der Waals surface area contributed by atoms with Crippen LogP contribution in [-0.2, 0) is 11.3 Å². The molecule has 6 heteroatoms. The maximum absolute atomic E-state index is 12.8. The number of halogens is 2. The van der Waals surface area contributed by atoms with Gasteiger partial charge in [0, 0.05) is 38.8 Å². The first kappa shape index (κ1) is 21.2. The molecule has 0 bridgehead atoms. The quantitative estimate of drug-likeness (QED) is 0.884. The minimum Gasteiger partial charge on any atom is -0.340 e. The molecule has 2 atom stereocenters. The van der Waals surface area contributed by atoms with E-state index < -0.39 is 0 Å². The van der Waals surface area contributed by atoms with Crippen LogP contribution >= 0.6 is 24.8 Å². The minimum atomic E-state index is 0. The van der Waals surface area contributed by atoms with Crippen LogP contribution in [0.1, 0.15) is 25.3 Å². The van der Waals surface area contributed by atoms with Gasteiger partial charge in [-0.1, -0.05) is 30.3 Å². The van der Waals surface area contributed by atoms with E-state index in [0.717, 1.165) is 52.1 Å². The molecule has 136 valence electrons. The number of amides is 1. The SMILES string of the molecule is CC1CN(C(=O)C2CCCN(Cc3ccccc3)C2)CCN1.Cl.Cl. The van der Waals surface area contributed by atoms with Crippen molar-refractivity contribution in [2.75, 3.05) is 32.7 Å². The number of hydrogen-bond donors (Lipinski definition) is 1. The molecule has 1 amide bonds. The van der Waals surface area contributed by atoms with Crippen molar-refractivity contribution < 1.29 is 4.79 Å². The van der Waals surface area contributed by atoms with Crippen LogP contribution in [0.25, 0.3) is 0 Å². The zero-order chi connectivity index (χ0) is 15.4. The molecule has 0 radical (unpaired) electrons. The van der Waals surface area contributed by atoms with Crippen LogP contribution in [0.4, 0.5) is 0 Å². The van der Waals surface area contributed by atoms with Gasteiger partial charge in [0.15, 0.2) is 0 Å². The predicted octanol–water partition coefficient (Wildman–Crippen LogP) is 2.56. The highest BCUT2D eigenvalue weighted by atomic mass is 35.5. The number of carbonyl (C=O) groups excluding carboxylic acids is 1. The van der Waals surface area contributed by atoms with Gasteiger partial charge >= 0.3 is 0 Å². The number of hydrogen-bond acceptors (Lipinski definition) is 3. The second-order valence-corrected chi connectivity index (χ2v) is 6.70. The monoisotopic (exact) mass is 373 g/mol. The van der Waals surface area contributed by atoms with Gasteiger partial charge in [0.1, 0.15) is 0 Å². The Labute approximate surface area is 157 Å². The topological polar surface area (TPSA) is 35.6 Å². The van der Waals surface area contributed by atoms with Crippen molar-refractivity contribution in [3.8, 4) is 0 Å². The molecule has 3 rings (SSSR count). The molecule has 2 heterocycles. The first-order valence-corrected chi connectivity index (χ1v) is 8.51. The van der Waals surface area contributed by atoms with Gasteiger partial charge in [-0.05, 0) is 31.9 Å². The highest BCUT2D eigenvalue weighted by Crippen LogP contribution is 2.21. The number of nitrogens with one attached hydrogen (secondary N) is 1. The third-order valence-electron chi connectivity index (χ3n) is 4.78. The van der Waals surface area contributed by atoms with E-state index in [9.17, 15) is 4.79 Å². The summed E-state index contributed by atoms with van der Waals surface area (Å²) in [5, 5.41) is 3.41. The second kappa shape index (κ2) is 10.2. The number of carbonyl (C=O) groups is 1. The number of rotatable bonds is 3. The summed E-state index contributed by atoms with van der Waals surface area (Å²) in [4.78, 5) is 17.3. The highest BCUT2D eigenvalue weighted by Gasteiger charge is 2.30. The Morgan fingerprint density at radius 3 is 2.62 bits per heavy atom. The molecule has 2 aliphatic rings. The lowest BCUT2D eigenvalue weighted by Gasteiger charge is -2.38. The Balaban J connectivity index is 0.00000144.